The van der Waals surface area contributed by atoms with E-state index in [1.54, 1.807) is 0 Å². The van der Waals surface area contributed by atoms with E-state index in [2.05, 4.69) is 28.1 Å². The minimum absolute atomic E-state index is 0.256. The maximum absolute atomic E-state index is 13.6. The molecule has 0 saturated carbocycles. The smallest absolute Gasteiger partial charge is 0.387 e. The van der Waals surface area contributed by atoms with Gasteiger partial charge in [-0.3, -0.25) is 9.09 Å². The maximum atomic E-state index is 13.6. The lowest BCUT2D eigenvalue weighted by Crippen LogP contribution is -2.34. The Morgan fingerprint density at radius 3 is 2.26 bits per heavy atom. The van der Waals surface area contributed by atoms with Crippen LogP contribution in [-0.4, -0.2) is 74.2 Å². The largest absolute Gasteiger partial charge is 0.490 e. The number of nitrogen functional groups attached to an aromatic ring is 1. The average molecular weight is 575 g/mol. The van der Waals surface area contributed by atoms with Crippen LogP contribution in [0.1, 0.15) is 12.1 Å². The Morgan fingerprint density at radius 1 is 1.06 bits per heavy atom. The number of hydrogen-bond donors (Lipinski definition) is 7. The summed E-state index contributed by atoms with van der Waals surface area (Å²) >= 11 is 0. The summed E-state index contributed by atoms with van der Waals surface area (Å²) in [6.45, 7) is -1.25. The van der Waals surface area contributed by atoms with Crippen LogP contribution in [0.4, 0.5) is 19.0 Å². The van der Waals surface area contributed by atoms with E-state index in [4.69, 9.17) is 25.2 Å². The lowest BCUT2D eigenvalue weighted by atomic mass is 10.1. The summed E-state index contributed by atoms with van der Waals surface area (Å²) in [5, 5.41) is 20.4. The molecule has 0 amide bonds. The topological polar surface area (TPSA) is 279 Å². The molecule has 35 heavy (non-hydrogen) atoms. The van der Waals surface area contributed by atoms with E-state index in [1.165, 1.54) is 0 Å². The molecule has 2 aromatic rings. The number of aliphatic hydroxyl groups is 2. The third-order valence-corrected chi connectivity index (χ3v) is 7.97. The fourth-order valence-electron chi connectivity index (χ4n) is 2.92. The van der Waals surface area contributed by atoms with Crippen molar-refractivity contribution >= 4 is 40.4 Å². The van der Waals surface area contributed by atoms with Crippen molar-refractivity contribution in [3.8, 4) is 0 Å². The van der Waals surface area contributed by atoms with Gasteiger partial charge >= 0.3 is 29.6 Å². The van der Waals surface area contributed by atoms with Crippen molar-refractivity contribution in [2.45, 2.75) is 30.7 Å². The molecule has 3 rings (SSSR count). The molecular formula is C11H15F3N5O13P3. The zero-order chi connectivity index (χ0) is 26.6. The number of nitrogens with zero attached hydrogens (tertiary/aromatic N) is 4. The van der Waals surface area contributed by atoms with Gasteiger partial charge in [-0.2, -0.15) is 21.8 Å². The number of anilines is 1. The molecule has 0 aromatic carbocycles. The first-order valence-electron chi connectivity index (χ1n) is 8.67. The molecule has 0 radical (unpaired) electrons. The Hall–Kier alpha value is -1.57. The van der Waals surface area contributed by atoms with E-state index in [1.807, 2.05) is 0 Å². The molecule has 1 aliphatic rings. The van der Waals surface area contributed by atoms with Gasteiger partial charge < -0.3 is 40.3 Å². The number of phosphoric acid groups is 3. The lowest BCUT2D eigenvalue weighted by Gasteiger charge is -2.20. The summed E-state index contributed by atoms with van der Waals surface area (Å²) in [4.78, 5) is 46.0. The highest BCUT2D eigenvalue weighted by Crippen LogP contribution is 2.66. The molecule has 2 aromatic heterocycles. The average Bonchev–Trinajstić information content (AvgIpc) is 3.17. The van der Waals surface area contributed by atoms with Gasteiger partial charge in [0.25, 0.3) is 0 Å². The van der Waals surface area contributed by atoms with Crippen LogP contribution in [0.15, 0.2) is 6.33 Å². The molecule has 8 N–H and O–H groups in total. The predicted octanol–water partition coefficient (Wildman–Crippen LogP) is -0.610. The van der Waals surface area contributed by atoms with Gasteiger partial charge in [0.15, 0.2) is 23.2 Å². The van der Waals surface area contributed by atoms with E-state index >= 15 is 0 Å². The van der Waals surface area contributed by atoms with E-state index in [0.29, 0.717) is 0 Å². The van der Waals surface area contributed by atoms with Crippen molar-refractivity contribution in [2.75, 3.05) is 12.3 Å². The number of nitrogens with two attached hydrogens (primary N) is 1. The Balaban J connectivity index is 1.83. The highest BCUT2D eigenvalue weighted by atomic mass is 31.3. The van der Waals surface area contributed by atoms with Crippen molar-refractivity contribution in [1.29, 1.82) is 0 Å². The van der Waals surface area contributed by atoms with Crippen LogP contribution < -0.4 is 5.73 Å². The van der Waals surface area contributed by atoms with Gasteiger partial charge in [-0.15, -0.1) is 0 Å². The number of aliphatic hydroxyl groups excluding tert-OH is 2. The first-order chi connectivity index (χ1) is 15.8. The number of ether oxygens (including phenoxy) is 1. The van der Waals surface area contributed by atoms with Gasteiger partial charge in [0.2, 0.25) is 5.82 Å². The number of hydrogen-bond acceptors (Lipinski definition) is 13. The number of halogens is 3. The normalized spacial score (nSPS) is 27.1. The van der Waals surface area contributed by atoms with Crippen LogP contribution in [0, 0.1) is 0 Å². The second kappa shape index (κ2) is 9.38. The van der Waals surface area contributed by atoms with Crippen molar-refractivity contribution in [2.24, 2.45) is 0 Å². The molecular weight excluding hydrogens is 560 g/mol. The number of phosphoric ester groups is 1. The molecule has 3 heterocycles. The number of imidazole rings is 1. The Morgan fingerprint density at radius 2 is 1.69 bits per heavy atom. The fraction of sp³-hybridized carbons (Fsp3) is 0.545. The number of rotatable bonds is 8. The summed E-state index contributed by atoms with van der Waals surface area (Å²) in [6.07, 6.45) is -12.4. The summed E-state index contributed by atoms with van der Waals surface area (Å²) in [7, 11) is -17.2. The van der Waals surface area contributed by atoms with Crippen molar-refractivity contribution in [1.82, 2.24) is 19.5 Å². The third-order valence-electron chi connectivity index (χ3n) is 4.17. The number of alkyl halides is 3. The molecule has 1 aliphatic heterocycles. The second-order valence-corrected chi connectivity index (χ2v) is 11.1. The SMILES string of the molecule is Nc1ncnc2c1nc(C(F)(F)F)n2[C@@H]1O[C@H](COP(=O)(O)OP(=O)(O)OP(=O)(O)O)[C@@H](O)[C@H]1O. The standard InChI is InChI=1S/C11H15F3N5O13P3/c12-11(13,14)10-18-4-7(15)16-2-17-8(4)19(10)9-6(21)5(20)3(30-9)1-29-34(25,26)32-35(27,28)31-33(22,23)24/h2-3,5-6,9,20-21H,1H2,(H,25,26)(H,27,28)(H2,15,16,17)(H2,22,23,24)/t3-,5-,6-,9-/m1/s1. The Kier molecular flexibility index (Phi) is 7.51. The predicted molar refractivity (Wildman–Crippen MR) is 100 cm³/mol. The van der Waals surface area contributed by atoms with Gasteiger partial charge in [0.1, 0.15) is 24.6 Å². The molecule has 198 valence electrons. The summed E-state index contributed by atoms with van der Waals surface area (Å²) in [6, 6.07) is 0. The van der Waals surface area contributed by atoms with E-state index in [9.17, 15) is 42.0 Å². The minimum atomic E-state index is -5.85. The molecule has 24 heteroatoms. The van der Waals surface area contributed by atoms with Gasteiger partial charge in [0, 0.05) is 0 Å². The van der Waals surface area contributed by atoms with Crippen LogP contribution in [0.25, 0.3) is 11.2 Å². The highest BCUT2D eigenvalue weighted by Gasteiger charge is 2.50. The summed E-state index contributed by atoms with van der Waals surface area (Å²) in [5.74, 6) is -2.10. The summed E-state index contributed by atoms with van der Waals surface area (Å²) in [5.41, 5.74) is 4.45. The maximum Gasteiger partial charge on any atom is 0.490 e. The van der Waals surface area contributed by atoms with Gasteiger partial charge in [-0.1, -0.05) is 0 Å². The van der Waals surface area contributed by atoms with Crippen LogP contribution >= 0.6 is 23.5 Å². The van der Waals surface area contributed by atoms with Crippen molar-refractivity contribution in [3.63, 3.8) is 0 Å². The monoisotopic (exact) mass is 575 g/mol. The molecule has 0 spiro atoms. The zero-order valence-corrected chi connectivity index (χ0v) is 19.2. The van der Waals surface area contributed by atoms with E-state index in [-0.39, 0.29) is 4.57 Å². The molecule has 6 atom stereocenters. The third kappa shape index (κ3) is 6.41. The summed E-state index contributed by atoms with van der Waals surface area (Å²) < 4.78 is 91.2. The molecule has 1 saturated heterocycles. The zero-order valence-electron chi connectivity index (χ0n) is 16.5. The van der Waals surface area contributed by atoms with E-state index in [0.717, 1.165) is 6.33 Å². The molecule has 0 bridgehead atoms. The number of aromatic nitrogens is 4. The van der Waals surface area contributed by atoms with Crippen LogP contribution in [0.3, 0.4) is 0 Å². The fourth-order valence-corrected chi connectivity index (χ4v) is 5.95. The Bertz CT molecular complexity index is 1250. The van der Waals surface area contributed by atoms with Crippen LogP contribution in [0.5, 0.6) is 0 Å². The first-order valence-corrected chi connectivity index (χ1v) is 13.2. The van der Waals surface area contributed by atoms with Gasteiger partial charge in [-0.25, -0.2) is 28.6 Å². The van der Waals surface area contributed by atoms with Crippen molar-refractivity contribution in [3.05, 3.63) is 12.2 Å². The Labute approximate surface area is 190 Å². The van der Waals surface area contributed by atoms with Crippen LogP contribution in [0.2, 0.25) is 0 Å². The second-order valence-electron chi connectivity index (χ2n) is 6.67. The van der Waals surface area contributed by atoms with Crippen molar-refractivity contribution < 1.29 is 74.5 Å². The highest BCUT2D eigenvalue weighted by molar-refractivity contribution is 7.66. The molecule has 0 aliphatic carbocycles. The molecule has 2 unspecified atom stereocenters. The molecule has 1 fully saturated rings. The minimum Gasteiger partial charge on any atom is -0.387 e. The quantitative estimate of drug-likeness (QED) is 0.193. The first kappa shape index (κ1) is 28.0. The van der Waals surface area contributed by atoms with Gasteiger partial charge in [0.05, 0.1) is 6.61 Å². The van der Waals surface area contributed by atoms with Gasteiger partial charge in [-0.05, 0) is 0 Å². The molecule has 18 nitrogen and oxygen atoms in total. The number of fused-ring (bicyclic) bond motifs is 1. The van der Waals surface area contributed by atoms with Crippen LogP contribution in [-0.2, 0) is 37.8 Å². The van der Waals surface area contributed by atoms with E-state index < -0.39 is 83.6 Å². The lowest BCUT2D eigenvalue weighted by molar-refractivity contribution is -0.154.